The normalized spacial score (nSPS) is 12.9. The molecule has 1 unspecified atom stereocenters. The van der Waals surface area contributed by atoms with E-state index >= 15 is 0 Å². The lowest BCUT2D eigenvalue weighted by molar-refractivity contribution is 0.221. The Morgan fingerprint density at radius 1 is 1.19 bits per heavy atom. The molecule has 148 valence electrons. The molecular weight excluding hydrogens is 364 g/mol. The Morgan fingerprint density at radius 3 is 2.52 bits per heavy atom. The third-order valence-corrected chi connectivity index (χ3v) is 5.35. The van der Waals surface area contributed by atoms with E-state index in [0.29, 0.717) is 24.9 Å². The van der Waals surface area contributed by atoms with Gasteiger partial charge in [0, 0.05) is 18.0 Å². The van der Waals surface area contributed by atoms with Gasteiger partial charge in [-0.2, -0.15) is 15.0 Å². The van der Waals surface area contributed by atoms with Crippen molar-refractivity contribution in [1.82, 2.24) is 19.9 Å². The zero-order chi connectivity index (χ0) is 20.0. The summed E-state index contributed by atoms with van der Waals surface area (Å²) in [5, 5.41) is 3.21. The highest BCUT2D eigenvalue weighted by atomic mass is 32.2. The molecule has 0 aliphatic carbocycles. The van der Waals surface area contributed by atoms with Crippen molar-refractivity contribution in [2.45, 2.75) is 39.8 Å². The number of nitrogens with one attached hydrogen (secondary N) is 1. The summed E-state index contributed by atoms with van der Waals surface area (Å²) < 4.78 is 23.2. The van der Waals surface area contributed by atoms with Crippen molar-refractivity contribution >= 4 is 27.4 Å². The second-order valence-electron chi connectivity index (χ2n) is 6.57. The summed E-state index contributed by atoms with van der Waals surface area (Å²) in [5.74, 6) is 1.09. The van der Waals surface area contributed by atoms with Crippen LogP contribution in [0.15, 0.2) is 24.3 Å². The van der Waals surface area contributed by atoms with Gasteiger partial charge < -0.3 is 11.1 Å². The van der Waals surface area contributed by atoms with Crippen molar-refractivity contribution in [3.63, 3.8) is 0 Å². The second kappa shape index (κ2) is 9.09. The number of nitrogens with zero attached hydrogens (tertiary/aromatic N) is 4. The van der Waals surface area contributed by atoms with Crippen molar-refractivity contribution in [2.75, 3.05) is 29.6 Å². The first kappa shape index (κ1) is 21.0. The van der Waals surface area contributed by atoms with Gasteiger partial charge in [0.15, 0.2) is 0 Å². The first-order chi connectivity index (χ1) is 12.7. The molecule has 9 heteroatoms. The van der Waals surface area contributed by atoms with E-state index in [-0.39, 0.29) is 17.7 Å². The molecule has 0 saturated carbocycles. The van der Waals surface area contributed by atoms with Crippen LogP contribution in [0.1, 0.15) is 32.2 Å². The number of para-hydroxylation sites is 1. The molecule has 0 bridgehead atoms. The van der Waals surface area contributed by atoms with E-state index in [1.807, 2.05) is 43.0 Å². The molecule has 1 aromatic carbocycles. The molecule has 0 amide bonds. The Labute approximate surface area is 161 Å². The van der Waals surface area contributed by atoms with Gasteiger partial charge in [-0.1, -0.05) is 32.0 Å². The molecule has 0 aliphatic rings. The third-order valence-electron chi connectivity index (χ3n) is 4.26. The quantitative estimate of drug-likeness (QED) is 0.666. The lowest BCUT2D eigenvalue weighted by atomic mass is 10.1. The molecule has 0 saturated heterocycles. The van der Waals surface area contributed by atoms with Crippen molar-refractivity contribution in [2.24, 2.45) is 0 Å². The molecule has 27 heavy (non-hydrogen) atoms. The highest BCUT2D eigenvalue weighted by Crippen LogP contribution is 2.19. The topological polar surface area (TPSA) is 114 Å². The van der Waals surface area contributed by atoms with Gasteiger partial charge in [-0.15, -0.1) is 0 Å². The van der Waals surface area contributed by atoms with Crippen LogP contribution in [0, 0.1) is 0 Å². The fourth-order valence-corrected chi connectivity index (χ4v) is 4.03. The van der Waals surface area contributed by atoms with Crippen LogP contribution in [-0.2, 0) is 22.8 Å². The van der Waals surface area contributed by atoms with Gasteiger partial charge in [0.2, 0.25) is 11.9 Å². The average molecular weight is 393 g/mol. The molecular formula is C18H28N6O2S. The van der Waals surface area contributed by atoms with Gasteiger partial charge >= 0.3 is 0 Å². The number of hydrogen-bond acceptors (Lipinski definition) is 8. The Bertz CT molecular complexity index is 872. The largest absolute Gasteiger partial charge is 0.368 e. The zero-order valence-corrected chi connectivity index (χ0v) is 17.1. The predicted octanol–water partition coefficient (Wildman–Crippen LogP) is 2.01. The van der Waals surface area contributed by atoms with Gasteiger partial charge in [0.25, 0.3) is 0 Å². The van der Waals surface area contributed by atoms with Crippen molar-refractivity contribution in [3.8, 4) is 0 Å². The second-order valence-corrected chi connectivity index (χ2v) is 8.76. The van der Waals surface area contributed by atoms with Crippen LogP contribution in [0.5, 0.6) is 0 Å². The van der Waals surface area contributed by atoms with E-state index in [4.69, 9.17) is 5.73 Å². The lowest BCUT2D eigenvalue weighted by Gasteiger charge is -2.26. The number of nitrogens with two attached hydrogens (primary N) is 1. The third kappa shape index (κ3) is 6.44. The zero-order valence-electron chi connectivity index (χ0n) is 16.3. The number of sulfone groups is 1. The first-order valence-electron chi connectivity index (χ1n) is 8.99. The molecule has 3 N–H and O–H groups in total. The molecule has 2 aromatic rings. The predicted molar refractivity (Wildman–Crippen MR) is 109 cm³/mol. The fraction of sp³-hybridized carbons (Fsp3) is 0.500. The maximum absolute atomic E-state index is 11.6. The molecule has 0 radical (unpaired) electrons. The van der Waals surface area contributed by atoms with Gasteiger partial charge in [-0.25, -0.2) is 8.42 Å². The lowest BCUT2D eigenvalue weighted by Crippen LogP contribution is -2.37. The van der Waals surface area contributed by atoms with Crippen molar-refractivity contribution < 1.29 is 8.42 Å². The maximum atomic E-state index is 11.6. The number of rotatable bonds is 9. The van der Waals surface area contributed by atoms with Gasteiger partial charge in [-0.05, 0) is 31.5 Å². The number of aromatic nitrogens is 3. The highest BCUT2D eigenvalue weighted by molar-refractivity contribution is 7.90. The van der Waals surface area contributed by atoms with E-state index in [2.05, 4.69) is 27.2 Å². The SMILES string of the molecule is CCc1ccccc1Nc1nc(N)nc(CN(CC)C(C)CS(C)(=O)=O)n1. The summed E-state index contributed by atoms with van der Waals surface area (Å²) in [6.07, 6.45) is 2.12. The van der Waals surface area contributed by atoms with Gasteiger partial charge in [-0.3, -0.25) is 4.90 Å². The summed E-state index contributed by atoms with van der Waals surface area (Å²) in [6, 6.07) is 7.78. The molecule has 0 spiro atoms. The maximum Gasteiger partial charge on any atom is 0.232 e. The standard InChI is InChI=1S/C18H28N6O2S/c1-5-14-9-7-8-10-15(14)20-18-22-16(21-17(19)23-18)11-24(6-2)13(3)12-27(4,25)26/h7-10,13H,5-6,11-12H2,1-4H3,(H3,19,20,21,22,23). The smallest absolute Gasteiger partial charge is 0.232 e. The number of hydrogen-bond donors (Lipinski definition) is 2. The van der Waals surface area contributed by atoms with Crippen LogP contribution in [0.25, 0.3) is 0 Å². The molecule has 1 atom stereocenters. The molecule has 2 rings (SSSR count). The average Bonchev–Trinajstić information content (AvgIpc) is 2.58. The van der Waals surface area contributed by atoms with Crippen LogP contribution < -0.4 is 11.1 Å². The van der Waals surface area contributed by atoms with E-state index in [0.717, 1.165) is 17.7 Å². The van der Waals surface area contributed by atoms with Gasteiger partial charge in [0.1, 0.15) is 15.7 Å². The van der Waals surface area contributed by atoms with E-state index in [1.54, 1.807) is 0 Å². The minimum absolute atomic E-state index is 0.0798. The fourth-order valence-electron chi connectivity index (χ4n) is 2.94. The van der Waals surface area contributed by atoms with Crippen LogP contribution >= 0.6 is 0 Å². The van der Waals surface area contributed by atoms with E-state index in [9.17, 15) is 8.42 Å². The Morgan fingerprint density at radius 2 is 1.89 bits per heavy atom. The number of benzene rings is 1. The summed E-state index contributed by atoms with van der Waals surface area (Å²) in [7, 11) is -3.07. The van der Waals surface area contributed by atoms with E-state index < -0.39 is 9.84 Å². The summed E-state index contributed by atoms with van der Waals surface area (Å²) in [4.78, 5) is 14.8. The van der Waals surface area contributed by atoms with Crippen molar-refractivity contribution in [3.05, 3.63) is 35.7 Å². The van der Waals surface area contributed by atoms with Gasteiger partial charge in [0.05, 0.1) is 12.3 Å². The Kier molecular flexibility index (Phi) is 7.09. The minimum Gasteiger partial charge on any atom is -0.368 e. The summed E-state index contributed by atoms with van der Waals surface area (Å²) >= 11 is 0. The molecule has 1 aromatic heterocycles. The number of nitrogen functional groups attached to an aromatic ring is 1. The summed E-state index contributed by atoms with van der Waals surface area (Å²) in [5.41, 5.74) is 7.94. The molecule has 0 fully saturated rings. The Balaban J connectivity index is 2.21. The monoisotopic (exact) mass is 392 g/mol. The number of aryl methyl sites for hydroxylation is 1. The molecule has 1 heterocycles. The van der Waals surface area contributed by atoms with Crippen LogP contribution in [-0.4, -0.2) is 52.9 Å². The van der Waals surface area contributed by atoms with E-state index in [1.165, 1.54) is 6.26 Å². The van der Waals surface area contributed by atoms with Crippen LogP contribution in [0.2, 0.25) is 0 Å². The number of anilines is 3. The van der Waals surface area contributed by atoms with Crippen LogP contribution in [0.3, 0.4) is 0 Å². The molecule has 8 nitrogen and oxygen atoms in total. The molecule has 0 aliphatic heterocycles. The Hall–Kier alpha value is -2.26. The van der Waals surface area contributed by atoms with Crippen molar-refractivity contribution in [1.29, 1.82) is 0 Å². The first-order valence-corrected chi connectivity index (χ1v) is 11.0. The highest BCUT2D eigenvalue weighted by Gasteiger charge is 2.19. The summed E-state index contributed by atoms with van der Waals surface area (Å²) in [6.45, 7) is 7.00. The minimum atomic E-state index is -3.07. The van der Waals surface area contributed by atoms with Crippen LogP contribution in [0.4, 0.5) is 17.6 Å².